The van der Waals surface area contributed by atoms with Crippen LogP contribution in [0, 0.1) is 0 Å². The maximum atomic E-state index is 10.9. The van der Waals surface area contributed by atoms with E-state index in [-0.39, 0.29) is 17.9 Å². The fourth-order valence-corrected chi connectivity index (χ4v) is 1.06. The van der Waals surface area contributed by atoms with Crippen LogP contribution in [0.4, 0.5) is 5.82 Å². The Morgan fingerprint density at radius 1 is 1.38 bits per heavy atom. The second kappa shape index (κ2) is 4.92. The Labute approximate surface area is 95.2 Å². The summed E-state index contributed by atoms with van der Waals surface area (Å²) in [4.78, 5) is 10.9. The van der Waals surface area contributed by atoms with E-state index >= 15 is 0 Å². The van der Waals surface area contributed by atoms with Gasteiger partial charge in [0.05, 0.1) is 12.8 Å². The second-order valence-corrected chi connectivity index (χ2v) is 4.48. The summed E-state index contributed by atoms with van der Waals surface area (Å²) in [5.41, 5.74) is 0.893. The Balaban J connectivity index is 2.62. The minimum atomic E-state index is -0.332. The molecule has 0 bridgehead atoms. The first-order chi connectivity index (χ1) is 7.43. The molecule has 0 radical (unpaired) electrons. The summed E-state index contributed by atoms with van der Waals surface area (Å²) in [7, 11) is 1.35. The molecule has 0 aromatic carbocycles. The van der Waals surface area contributed by atoms with Crippen LogP contribution >= 0.6 is 0 Å². The molecule has 1 aromatic rings. The van der Waals surface area contributed by atoms with Gasteiger partial charge in [0.15, 0.2) is 0 Å². The van der Waals surface area contributed by atoms with E-state index in [0.717, 1.165) is 5.69 Å². The van der Waals surface area contributed by atoms with Crippen molar-refractivity contribution < 1.29 is 9.53 Å². The quantitative estimate of drug-likeness (QED) is 0.784. The Kier molecular flexibility index (Phi) is 3.82. The van der Waals surface area contributed by atoms with E-state index in [1.807, 2.05) is 6.07 Å². The summed E-state index contributed by atoms with van der Waals surface area (Å²) >= 11 is 0. The molecule has 16 heavy (non-hydrogen) atoms. The van der Waals surface area contributed by atoms with E-state index in [1.54, 1.807) is 6.07 Å². The van der Waals surface area contributed by atoms with Gasteiger partial charge in [0.1, 0.15) is 12.4 Å². The predicted octanol–water partition coefficient (Wildman–Crippen LogP) is 1.36. The molecule has 1 heterocycles. The minimum Gasteiger partial charge on any atom is -0.468 e. The van der Waals surface area contributed by atoms with Crippen molar-refractivity contribution in [3.05, 3.63) is 17.8 Å². The molecular formula is C11H17N3O2. The van der Waals surface area contributed by atoms with E-state index in [0.29, 0.717) is 5.82 Å². The van der Waals surface area contributed by atoms with Crippen molar-refractivity contribution >= 4 is 11.8 Å². The highest BCUT2D eigenvalue weighted by Crippen LogP contribution is 2.19. The molecule has 0 unspecified atom stereocenters. The Hall–Kier alpha value is -1.65. The molecule has 1 aromatic heterocycles. The SMILES string of the molecule is COC(=O)CNc1ccc(C(C)(C)C)nn1. The summed E-state index contributed by atoms with van der Waals surface area (Å²) in [5.74, 6) is 0.236. The van der Waals surface area contributed by atoms with Gasteiger partial charge in [0, 0.05) is 5.41 Å². The van der Waals surface area contributed by atoms with Crippen LogP contribution in [0.15, 0.2) is 12.1 Å². The molecule has 0 amide bonds. The second-order valence-electron chi connectivity index (χ2n) is 4.48. The Morgan fingerprint density at radius 3 is 2.50 bits per heavy atom. The lowest BCUT2D eigenvalue weighted by Crippen LogP contribution is -2.18. The van der Waals surface area contributed by atoms with Crippen molar-refractivity contribution in [1.82, 2.24) is 10.2 Å². The van der Waals surface area contributed by atoms with Gasteiger partial charge < -0.3 is 10.1 Å². The Bertz CT molecular complexity index is 354. The zero-order valence-corrected chi connectivity index (χ0v) is 10.1. The van der Waals surface area contributed by atoms with Crippen molar-refractivity contribution in [3.8, 4) is 0 Å². The maximum Gasteiger partial charge on any atom is 0.325 e. The van der Waals surface area contributed by atoms with Gasteiger partial charge in [-0.3, -0.25) is 4.79 Å². The first-order valence-corrected chi connectivity index (χ1v) is 5.08. The number of nitrogens with one attached hydrogen (secondary N) is 1. The molecule has 88 valence electrons. The van der Waals surface area contributed by atoms with Gasteiger partial charge in [-0.1, -0.05) is 20.8 Å². The van der Waals surface area contributed by atoms with E-state index < -0.39 is 0 Å². The zero-order valence-electron chi connectivity index (χ0n) is 10.1. The number of rotatable bonds is 3. The third-order valence-electron chi connectivity index (χ3n) is 2.07. The number of esters is 1. The van der Waals surface area contributed by atoms with Crippen molar-refractivity contribution in [2.24, 2.45) is 0 Å². The highest BCUT2D eigenvalue weighted by Gasteiger charge is 2.15. The summed E-state index contributed by atoms with van der Waals surface area (Å²) < 4.78 is 4.50. The third-order valence-corrected chi connectivity index (χ3v) is 2.07. The maximum absolute atomic E-state index is 10.9. The van der Waals surface area contributed by atoms with Crippen LogP contribution in [0.1, 0.15) is 26.5 Å². The molecule has 5 heteroatoms. The molecule has 0 atom stereocenters. The lowest BCUT2D eigenvalue weighted by Gasteiger charge is -2.16. The minimum absolute atomic E-state index is 0.0200. The normalized spacial score (nSPS) is 11.0. The number of ether oxygens (including phenoxy) is 1. The molecule has 1 N–H and O–H groups in total. The van der Waals surface area contributed by atoms with Gasteiger partial charge >= 0.3 is 5.97 Å². The average Bonchev–Trinajstić information content (AvgIpc) is 2.25. The summed E-state index contributed by atoms with van der Waals surface area (Å²) in [6.07, 6.45) is 0. The summed E-state index contributed by atoms with van der Waals surface area (Å²) in [5, 5.41) is 10.9. The summed E-state index contributed by atoms with van der Waals surface area (Å²) in [6, 6.07) is 3.70. The van der Waals surface area contributed by atoms with E-state index in [2.05, 4.69) is 41.0 Å². The number of hydrogen-bond donors (Lipinski definition) is 1. The smallest absolute Gasteiger partial charge is 0.325 e. The zero-order chi connectivity index (χ0) is 12.2. The van der Waals surface area contributed by atoms with Crippen molar-refractivity contribution in [1.29, 1.82) is 0 Å². The number of carbonyl (C=O) groups is 1. The van der Waals surface area contributed by atoms with Gasteiger partial charge in [-0.2, -0.15) is 5.10 Å². The topological polar surface area (TPSA) is 64.1 Å². The van der Waals surface area contributed by atoms with Crippen molar-refractivity contribution in [2.75, 3.05) is 19.0 Å². The molecule has 0 saturated carbocycles. The highest BCUT2D eigenvalue weighted by atomic mass is 16.5. The van der Waals surface area contributed by atoms with Crippen LogP contribution in [0.2, 0.25) is 0 Å². The van der Waals surface area contributed by atoms with Gasteiger partial charge in [0.2, 0.25) is 0 Å². The van der Waals surface area contributed by atoms with Gasteiger partial charge in [-0.05, 0) is 12.1 Å². The van der Waals surface area contributed by atoms with Crippen LogP contribution in [0.25, 0.3) is 0 Å². The Morgan fingerprint density at radius 2 is 2.06 bits per heavy atom. The predicted molar refractivity (Wildman–Crippen MR) is 61.2 cm³/mol. The molecule has 5 nitrogen and oxygen atoms in total. The van der Waals surface area contributed by atoms with Crippen LogP contribution < -0.4 is 5.32 Å². The van der Waals surface area contributed by atoms with Crippen molar-refractivity contribution in [3.63, 3.8) is 0 Å². The number of aromatic nitrogens is 2. The van der Waals surface area contributed by atoms with Gasteiger partial charge in [-0.25, -0.2) is 0 Å². The van der Waals surface area contributed by atoms with E-state index in [1.165, 1.54) is 7.11 Å². The van der Waals surface area contributed by atoms with Gasteiger partial charge in [-0.15, -0.1) is 5.10 Å². The molecule has 0 saturated heterocycles. The molecule has 0 aliphatic heterocycles. The highest BCUT2D eigenvalue weighted by molar-refractivity contribution is 5.74. The van der Waals surface area contributed by atoms with Gasteiger partial charge in [0.25, 0.3) is 0 Å². The number of carbonyl (C=O) groups excluding carboxylic acids is 1. The largest absolute Gasteiger partial charge is 0.468 e. The molecule has 0 aliphatic carbocycles. The molecule has 0 aliphatic rings. The van der Waals surface area contributed by atoms with Crippen molar-refractivity contribution in [2.45, 2.75) is 26.2 Å². The lowest BCUT2D eigenvalue weighted by atomic mass is 9.92. The number of hydrogen-bond acceptors (Lipinski definition) is 5. The molecular weight excluding hydrogens is 206 g/mol. The van der Waals surface area contributed by atoms with E-state index in [9.17, 15) is 4.79 Å². The fourth-order valence-electron chi connectivity index (χ4n) is 1.06. The number of methoxy groups -OCH3 is 1. The molecule has 1 rings (SSSR count). The monoisotopic (exact) mass is 223 g/mol. The standard InChI is InChI=1S/C11H17N3O2/c1-11(2,3)8-5-6-9(14-13-8)12-7-10(15)16-4/h5-6H,7H2,1-4H3,(H,12,14). The number of nitrogens with zero attached hydrogens (tertiary/aromatic N) is 2. The molecule has 0 spiro atoms. The van der Waals surface area contributed by atoms with Crippen LogP contribution in [0.5, 0.6) is 0 Å². The average molecular weight is 223 g/mol. The van der Waals surface area contributed by atoms with Crippen LogP contribution in [0.3, 0.4) is 0 Å². The van der Waals surface area contributed by atoms with E-state index in [4.69, 9.17) is 0 Å². The third kappa shape index (κ3) is 3.49. The summed E-state index contributed by atoms with van der Waals surface area (Å²) in [6.45, 7) is 6.30. The lowest BCUT2D eigenvalue weighted by molar-refractivity contribution is -0.138. The molecule has 0 fully saturated rings. The number of anilines is 1. The fraction of sp³-hybridized carbons (Fsp3) is 0.545. The van der Waals surface area contributed by atoms with Crippen LogP contribution in [-0.4, -0.2) is 29.8 Å². The first kappa shape index (κ1) is 12.4. The first-order valence-electron chi connectivity index (χ1n) is 5.08. The van der Waals surface area contributed by atoms with Crippen LogP contribution in [-0.2, 0) is 14.9 Å².